The Kier molecular flexibility index (Phi) is 5.76. The largest absolute Gasteiger partial charge is 0.496 e. The lowest BCUT2D eigenvalue weighted by Crippen LogP contribution is -2.23. The highest BCUT2D eigenvalue weighted by molar-refractivity contribution is 9.10. The molecule has 0 radical (unpaired) electrons. The lowest BCUT2D eigenvalue weighted by atomic mass is 10.1. The van der Waals surface area contributed by atoms with E-state index in [0.29, 0.717) is 16.9 Å². The number of carbonyl (C=O) groups excluding carboxylic acids is 2. The molecule has 2 aromatic rings. The molecule has 120 valence electrons. The van der Waals surface area contributed by atoms with Gasteiger partial charge < -0.3 is 14.8 Å². The Morgan fingerprint density at radius 1 is 1.09 bits per heavy atom. The predicted molar refractivity (Wildman–Crippen MR) is 89.6 cm³/mol. The van der Waals surface area contributed by atoms with Gasteiger partial charge in [0.2, 0.25) is 0 Å². The molecular weight excluding hydrogens is 362 g/mol. The van der Waals surface area contributed by atoms with Gasteiger partial charge in [0.25, 0.3) is 5.91 Å². The second-order valence-electron chi connectivity index (χ2n) is 4.69. The number of ether oxygens (including phenoxy) is 2. The Bertz CT molecular complexity index is 730. The van der Waals surface area contributed by atoms with Crippen LogP contribution in [0.1, 0.15) is 26.3 Å². The summed E-state index contributed by atoms with van der Waals surface area (Å²) in [4.78, 5) is 23.9. The Morgan fingerprint density at radius 3 is 2.48 bits per heavy atom. The van der Waals surface area contributed by atoms with Gasteiger partial charge in [-0.2, -0.15) is 0 Å². The van der Waals surface area contributed by atoms with E-state index in [1.807, 2.05) is 6.07 Å². The molecule has 23 heavy (non-hydrogen) atoms. The number of hydrogen-bond acceptors (Lipinski definition) is 4. The van der Waals surface area contributed by atoms with E-state index in [4.69, 9.17) is 9.47 Å². The maximum absolute atomic E-state index is 12.2. The van der Waals surface area contributed by atoms with Crippen LogP contribution in [0.2, 0.25) is 0 Å². The predicted octanol–water partition coefficient (Wildman–Crippen LogP) is 3.17. The normalized spacial score (nSPS) is 10.0. The highest BCUT2D eigenvalue weighted by atomic mass is 79.9. The second kappa shape index (κ2) is 7.78. The van der Waals surface area contributed by atoms with Crippen LogP contribution in [0.5, 0.6) is 5.75 Å². The van der Waals surface area contributed by atoms with Crippen molar-refractivity contribution in [2.45, 2.75) is 6.54 Å². The molecule has 0 atom stereocenters. The fourth-order valence-corrected chi connectivity index (χ4v) is 2.52. The molecule has 6 heteroatoms. The zero-order valence-corrected chi connectivity index (χ0v) is 14.3. The molecular formula is C17H16BrNO4. The van der Waals surface area contributed by atoms with E-state index >= 15 is 0 Å². The van der Waals surface area contributed by atoms with Gasteiger partial charge >= 0.3 is 5.97 Å². The van der Waals surface area contributed by atoms with Gasteiger partial charge in [-0.1, -0.05) is 18.2 Å². The van der Waals surface area contributed by atoms with Crippen LogP contribution in [0.3, 0.4) is 0 Å². The van der Waals surface area contributed by atoms with E-state index in [9.17, 15) is 9.59 Å². The van der Waals surface area contributed by atoms with Crippen molar-refractivity contribution in [2.24, 2.45) is 0 Å². The zero-order chi connectivity index (χ0) is 16.8. The van der Waals surface area contributed by atoms with Gasteiger partial charge in [0.1, 0.15) is 11.3 Å². The first-order chi connectivity index (χ1) is 11.1. The molecule has 5 nitrogen and oxygen atoms in total. The van der Waals surface area contributed by atoms with Crippen molar-refractivity contribution in [3.8, 4) is 5.75 Å². The maximum atomic E-state index is 12.2. The van der Waals surface area contributed by atoms with Gasteiger partial charge in [0.15, 0.2) is 0 Å². The summed E-state index contributed by atoms with van der Waals surface area (Å²) in [7, 11) is 2.79. The molecule has 0 saturated carbocycles. The number of esters is 1. The quantitative estimate of drug-likeness (QED) is 0.812. The van der Waals surface area contributed by atoms with Gasteiger partial charge in [0.05, 0.1) is 19.8 Å². The third-order valence-corrected chi connectivity index (χ3v) is 3.93. The minimum atomic E-state index is -0.485. The van der Waals surface area contributed by atoms with Crippen molar-refractivity contribution in [2.75, 3.05) is 14.2 Å². The van der Waals surface area contributed by atoms with Crippen LogP contribution in [0.15, 0.2) is 46.9 Å². The van der Waals surface area contributed by atoms with Crippen molar-refractivity contribution < 1.29 is 19.1 Å². The molecule has 0 aliphatic rings. The van der Waals surface area contributed by atoms with Gasteiger partial charge in [-0.05, 0) is 45.8 Å². The number of carbonyl (C=O) groups is 2. The van der Waals surface area contributed by atoms with E-state index in [1.165, 1.54) is 14.2 Å². The van der Waals surface area contributed by atoms with Crippen LogP contribution >= 0.6 is 15.9 Å². The number of hydrogen-bond donors (Lipinski definition) is 1. The first-order valence-corrected chi connectivity index (χ1v) is 7.64. The molecule has 2 rings (SSSR count). The lowest BCUT2D eigenvalue weighted by molar-refractivity contribution is 0.0597. The molecule has 0 aliphatic carbocycles. The van der Waals surface area contributed by atoms with E-state index in [-0.39, 0.29) is 12.5 Å². The average Bonchev–Trinajstić information content (AvgIpc) is 2.59. The minimum absolute atomic E-state index is 0.201. The SMILES string of the molecule is COC(=O)c1cc(CNC(=O)c2ccccc2Br)ccc1OC. The number of nitrogens with one attached hydrogen (secondary N) is 1. The molecule has 1 amide bonds. The van der Waals surface area contributed by atoms with Crippen LogP contribution in [-0.2, 0) is 11.3 Å². The van der Waals surface area contributed by atoms with Gasteiger partial charge in [-0.25, -0.2) is 4.79 Å². The summed E-state index contributed by atoms with van der Waals surface area (Å²) in [5, 5.41) is 2.82. The Balaban J connectivity index is 2.13. The molecule has 0 fully saturated rings. The van der Waals surface area contributed by atoms with Crippen LogP contribution in [0.25, 0.3) is 0 Å². The van der Waals surface area contributed by atoms with Crippen LogP contribution in [-0.4, -0.2) is 26.1 Å². The third kappa shape index (κ3) is 4.10. The Labute approximate surface area is 142 Å². The van der Waals surface area contributed by atoms with Gasteiger partial charge in [-0.15, -0.1) is 0 Å². The first kappa shape index (κ1) is 17.0. The molecule has 0 unspecified atom stereocenters. The lowest BCUT2D eigenvalue weighted by Gasteiger charge is -2.10. The summed E-state index contributed by atoms with van der Waals surface area (Å²) >= 11 is 3.34. The molecule has 2 aromatic carbocycles. The first-order valence-electron chi connectivity index (χ1n) is 6.84. The fraction of sp³-hybridized carbons (Fsp3) is 0.176. The number of benzene rings is 2. The Hall–Kier alpha value is -2.34. The topological polar surface area (TPSA) is 64.6 Å². The molecule has 0 bridgehead atoms. The average molecular weight is 378 g/mol. The van der Waals surface area contributed by atoms with E-state index < -0.39 is 5.97 Å². The monoisotopic (exact) mass is 377 g/mol. The van der Waals surface area contributed by atoms with Crippen molar-refractivity contribution in [3.05, 3.63) is 63.6 Å². The van der Waals surface area contributed by atoms with E-state index in [0.717, 1.165) is 10.0 Å². The molecule has 0 spiro atoms. The minimum Gasteiger partial charge on any atom is -0.496 e. The molecule has 0 aromatic heterocycles. The van der Waals surface area contributed by atoms with Gasteiger partial charge in [-0.3, -0.25) is 4.79 Å². The van der Waals surface area contributed by atoms with E-state index in [1.54, 1.807) is 36.4 Å². The highest BCUT2D eigenvalue weighted by Gasteiger charge is 2.14. The summed E-state index contributed by atoms with van der Waals surface area (Å²) in [6.07, 6.45) is 0. The molecule has 0 aliphatic heterocycles. The number of halogens is 1. The number of rotatable bonds is 5. The van der Waals surface area contributed by atoms with Crippen molar-refractivity contribution >= 4 is 27.8 Å². The zero-order valence-electron chi connectivity index (χ0n) is 12.8. The third-order valence-electron chi connectivity index (χ3n) is 3.24. The van der Waals surface area contributed by atoms with Crippen molar-refractivity contribution in [1.29, 1.82) is 0 Å². The van der Waals surface area contributed by atoms with Crippen LogP contribution < -0.4 is 10.1 Å². The summed E-state index contributed by atoms with van der Waals surface area (Å²) < 4.78 is 10.6. The second-order valence-corrected chi connectivity index (χ2v) is 5.54. The summed E-state index contributed by atoms with van der Waals surface area (Å²) in [5.74, 6) is -0.258. The fourth-order valence-electron chi connectivity index (χ4n) is 2.06. The van der Waals surface area contributed by atoms with E-state index in [2.05, 4.69) is 21.2 Å². The van der Waals surface area contributed by atoms with Crippen molar-refractivity contribution in [3.63, 3.8) is 0 Å². The highest BCUT2D eigenvalue weighted by Crippen LogP contribution is 2.21. The number of methoxy groups -OCH3 is 2. The van der Waals surface area contributed by atoms with Gasteiger partial charge in [0, 0.05) is 11.0 Å². The summed E-state index contributed by atoms with van der Waals surface area (Å²) in [6.45, 7) is 0.286. The van der Waals surface area contributed by atoms with Crippen LogP contribution in [0.4, 0.5) is 0 Å². The smallest absolute Gasteiger partial charge is 0.341 e. The number of amides is 1. The maximum Gasteiger partial charge on any atom is 0.341 e. The van der Waals surface area contributed by atoms with Crippen LogP contribution in [0, 0.1) is 0 Å². The molecule has 1 N–H and O–H groups in total. The summed E-state index contributed by atoms with van der Waals surface area (Å²) in [5.41, 5.74) is 1.64. The van der Waals surface area contributed by atoms with Crippen molar-refractivity contribution in [1.82, 2.24) is 5.32 Å². The summed E-state index contributed by atoms with van der Waals surface area (Å²) in [6, 6.07) is 12.3. The standard InChI is InChI=1S/C17H16BrNO4/c1-22-15-8-7-11(9-13(15)17(21)23-2)10-19-16(20)12-5-3-4-6-14(12)18/h3-9H,10H2,1-2H3,(H,19,20). The molecule has 0 saturated heterocycles. The molecule has 0 heterocycles. The Morgan fingerprint density at radius 2 is 1.83 bits per heavy atom.